The number of amides is 1. The highest BCUT2D eigenvalue weighted by Crippen LogP contribution is 2.23. The van der Waals surface area contributed by atoms with Gasteiger partial charge in [0.05, 0.1) is 13.7 Å². The predicted octanol–water partition coefficient (Wildman–Crippen LogP) is 1.85. The standard InChI is InChI=1S/C19H23N3O3/c1-13-10-20-17(14(2)19(13)24)11-21-7-8-22(18(23)12-21)15-5-4-6-16(9-15)25-3/h4-6,9-10H,7-8,11-12H2,1-3H3,(H,20,24). The Kier molecular flexibility index (Phi) is 4.90. The van der Waals surface area contributed by atoms with Gasteiger partial charge in [-0.1, -0.05) is 6.07 Å². The summed E-state index contributed by atoms with van der Waals surface area (Å²) in [6.45, 7) is 5.88. The van der Waals surface area contributed by atoms with Crippen molar-refractivity contribution >= 4 is 11.6 Å². The number of anilines is 1. The van der Waals surface area contributed by atoms with Crippen LogP contribution in [0, 0.1) is 13.8 Å². The highest BCUT2D eigenvalue weighted by atomic mass is 16.5. The highest BCUT2D eigenvalue weighted by molar-refractivity contribution is 5.95. The zero-order valence-corrected chi connectivity index (χ0v) is 14.8. The maximum atomic E-state index is 12.6. The second-order valence-electron chi connectivity index (χ2n) is 6.36. The second kappa shape index (κ2) is 7.11. The molecule has 0 aliphatic carbocycles. The summed E-state index contributed by atoms with van der Waals surface area (Å²) in [5, 5.41) is 0. The quantitative estimate of drug-likeness (QED) is 0.922. The number of nitrogens with zero attached hydrogens (tertiary/aromatic N) is 2. The van der Waals surface area contributed by atoms with Crippen molar-refractivity contribution in [2.75, 3.05) is 31.6 Å². The van der Waals surface area contributed by atoms with E-state index in [1.54, 1.807) is 25.1 Å². The van der Waals surface area contributed by atoms with Crippen LogP contribution in [-0.4, -0.2) is 42.5 Å². The highest BCUT2D eigenvalue weighted by Gasteiger charge is 2.26. The topological polar surface area (TPSA) is 65.6 Å². The van der Waals surface area contributed by atoms with Crippen LogP contribution in [-0.2, 0) is 11.3 Å². The van der Waals surface area contributed by atoms with E-state index in [1.807, 2.05) is 31.2 Å². The van der Waals surface area contributed by atoms with Gasteiger partial charge in [0.25, 0.3) is 0 Å². The summed E-state index contributed by atoms with van der Waals surface area (Å²) in [5.74, 6) is 0.784. The van der Waals surface area contributed by atoms with Gasteiger partial charge in [-0.2, -0.15) is 0 Å². The lowest BCUT2D eigenvalue weighted by atomic mass is 10.1. The lowest BCUT2D eigenvalue weighted by Crippen LogP contribution is -2.50. The van der Waals surface area contributed by atoms with Crippen LogP contribution in [0.2, 0.25) is 0 Å². The molecule has 1 amide bonds. The average Bonchev–Trinajstić information content (AvgIpc) is 2.62. The molecular weight excluding hydrogens is 318 g/mol. The minimum absolute atomic E-state index is 0.0478. The molecule has 25 heavy (non-hydrogen) atoms. The fourth-order valence-corrected chi connectivity index (χ4v) is 3.10. The van der Waals surface area contributed by atoms with E-state index in [0.29, 0.717) is 25.2 Å². The van der Waals surface area contributed by atoms with Gasteiger partial charge in [-0.25, -0.2) is 0 Å². The van der Waals surface area contributed by atoms with Crippen LogP contribution < -0.4 is 15.1 Å². The van der Waals surface area contributed by atoms with Gasteiger partial charge in [0.1, 0.15) is 5.75 Å². The molecule has 1 N–H and O–H groups in total. The zero-order chi connectivity index (χ0) is 18.0. The first kappa shape index (κ1) is 17.2. The number of hydrogen-bond acceptors (Lipinski definition) is 4. The monoisotopic (exact) mass is 341 g/mol. The van der Waals surface area contributed by atoms with Crippen molar-refractivity contribution in [3.05, 3.63) is 57.5 Å². The van der Waals surface area contributed by atoms with Crippen LogP contribution in [0.1, 0.15) is 16.8 Å². The Bertz CT molecular complexity index is 844. The number of nitrogens with one attached hydrogen (secondary N) is 1. The van der Waals surface area contributed by atoms with Crippen molar-refractivity contribution in [3.63, 3.8) is 0 Å². The maximum Gasteiger partial charge on any atom is 0.241 e. The third-order valence-corrected chi connectivity index (χ3v) is 4.66. The van der Waals surface area contributed by atoms with Crippen LogP contribution in [0.4, 0.5) is 5.69 Å². The molecule has 0 atom stereocenters. The maximum absolute atomic E-state index is 12.6. The fraction of sp³-hybridized carbons (Fsp3) is 0.368. The molecule has 1 aromatic heterocycles. The molecule has 3 rings (SSSR count). The van der Waals surface area contributed by atoms with E-state index in [1.165, 1.54) is 0 Å². The van der Waals surface area contributed by atoms with Crippen LogP contribution in [0.15, 0.2) is 35.3 Å². The minimum atomic E-state index is 0.0478. The van der Waals surface area contributed by atoms with E-state index >= 15 is 0 Å². The predicted molar refractivity (Wildman–Crippen MR) is 97.2 cm³/mol. The number of methoxy groups -OCH3 is 1. The number of aromatic amines is 1. The number of aryl methyl sites for hydroxylation is 1. The fourth-order valence-electron chi connectivity index (χ4n) is 3.10. The van der Waals surface area contributed by atoms with Crippen molar-refractivity contribution in [2.45, 2.75) is 20.4 Å². The van der Waals surface area contributed by atoms with E-state index in [0.717, 1.165) is 29.2 Å². The zero-order valence-electron chi connectivity index (χ0n) is 14.8. The first-order valence-corrected chi connectivity index (χ1v) is 8.34. The van der Waals surface area contributed by atoms with Gasteiger partial charge in [-0.3, -0.25) is 14.5 Å². The molecule has 0 unspecified atom stereocenters. The Morgan fingerprint density at radius 2 is 2.00 bits per heavy atom. The summed E-state index contributed by atoms with van der Waals surface area (Å²) < 4.78 is 5.23. The molecule has 1 fully saturated rings. The SMILES string of the molecule is COc1cccc(N2CCN(Cc3[nH]cc(C)c(=O)c3C)CC2=O)c1. The third-order valence-electron chi connectivity index (χ3n) is 4.66. The molecule has 0 spiro atoms. The number of hydrogen-bond donors (Lipinski definition) is 1. The summed E-state index contributed by atoms with van der Waals surface area (Å²) in [7, 11) is 1.61. The van der Waals surface area contributed by atoms with Crippen LogP contribution in [0.25, 0.3) is 0 Å². The van der Waals surface area contributed by atoms with Crippen LogP contribution >= 0.6 is 0 Å². The van der Waals surface area contributed by atoms with Gasteiger partial charge in [0, 0.05) is 54.4 Å². The molecule has 2 aromatic rings. The van der Waals surface area contributed by atoms with Crippen molar-refractivity contribution in [2.24, 2.45) is 0 Å². The smallest absolute Gasteiger partial charge is 0.241 e. The van der Waals surface area contributed by atoms with Gasteiger partial charge < -0.3 is 14.6 Å². The molecule has 1 saturated heterocycles. The molecular formula is C19H23N3O3. The Morgan fingerprint density at radius 3 is 2.72 bits per heavy atom. The summed E-state index contributed by atoms with van der Waals surface area (Å²) in [6.07, 6.45) is 1.74. The van der Waals surface area contributed by atoms with E-state index in [2.05, 4.69) is 9.88 Å². The number of piperazine rings is 1. The van der Waals surface area contributed by atoms with E-state index < -0.39 is 0 Å². The Hall–Kier alpha value is -2.60. The number of benzene rings is 1. The molecule has 2 heterocycles. The molecule has 6 nitrogen and oxygen atoms in total. The number of aromatic nitrogens is 1. The van der Waals surface area contributed by atoms with Gasteiger partial charge in [0.15, 0.2) is 5.43 Å². The van der Waals surface area contributed by atoms with Crippen molar-refractivity contribution in [1.29, 1.82) is 0 Å². The summed E-state index contributed by atoms with van der Waals surface area (Å²) in [5.41, 5.74) is 3.22. The van der Waals surface area contributed by atoms with Gasteiger partial charge in [-0.15, -0.1) is 0 Å². The van der Waals surface area contributed by atoms with Gasteiger partial charge in [-0.05, 0) is 26.0 Å². The van der Waals surface area contributed by atoms with E-state index in [4.69, 9.17) is 4.74 Å². The number of carbonyl (C=O) groups is 1. The first-order chi connectivity index (χ1) is 12.0. The summed E-state index contributed by atoms with van der Waals surface area (Å²) in [6, 6.07) is 7.53. The van der Waals surface area contributed by atoms with Crippen molar-refractivity contribution in [1.82, 2.24) is 9.88 Å². The number of rotatable bonds is 4. The lowest BCUT2D eigenvalue weighted by Gasteiger charge is -2.34. The molecule has 1 aromatic carbocycles. The normalized spacial score (nSPS) is 15.5. The third kappa shape index (κ3) is 3.58. The minimum Gasteiger partial charge on any atom is -0.497 e. The Balaban J connectivity index is 1.71. The van der Waals surface area contributed by atoms with Crippen LogP contribution in [0.3, 0.4) is 0 Å². The first-order valence-electron chi connectivity index (χ1n) is 8.34. The second-order valence-corrected chi connectivity index (χ2v) is 6.36. The molecule has 0 saturated carbocycles. The molecule has 6 heteroatoms. The summed E-state index contributed by atoms with van der Waals surface area (Å²) >= 11 is 0. The van der Waals surface area contributed by atoms with E-state index in [9.17, 15) is 9.59 Å². The van der Waals surface area contributed by atoms with Crippen LogP contribution in [0.5, 0.6) is 5.75 Å². The number of ether oxygens (including phenoxy) is 1. The number of pyridine rings is 1. The molecule has 0 bridgehead atoms. The average molecular weight is 341 g/mol. The molecule has 1 aliphatic rings. The Morgan fingerprint density at radius 1 is 1.20 bits per heavy atom. The molecule has 1 aliphatic heterocycles. The molecule has 132 valence electrons. The van der Waals surface area contributed by atoms with Gasteiger partial charge in [0.2, 0.25) is 5.91 Å². The van der Waals surface area contributed by atoms with Crippen molar-refractivity contribution in [3.8, 4) is 5.75 Å². The lowest BCUT2D eigenvalue weighted by molar-refractivity contribution is -0.121. The molecule has 0 radical (unpaired) electrons. The van der Waals surface area contributed by atoms with Crippen molar-refractivity contribution < 1.29 is 9.53 Å². The summed E-state index contributed by atoms with van der Waals surface area (Å²) in [4.78, 5) is 31.7. The van der Waals surface area contributed by atoms with Gasteiger partial charge >= 0.3 is 0 Å². The van der Waals surface area contributed by atoms with E-state index in [-0.39, 0.29) is 11.3 Å². The number of H-pyrrole nitrogens is 1. The largest absolute Gasteiger partial charge is 0.497 e. The Labute approximate surface area is 147 Å². The number of carbonyl (C=O) groups excluding carboxylic acids is 1.